The summed E-state index contributed by atoms with van der Waals surface area (Å²) in [6, 6.07) is 13.1. The maximum atomic E-state index is 13.4. The van der Waals surface area contributed by atoms with Crippen LogP contribution in [0.15, 0.2) is 54.9 Å². The van der Waals surface area contributed by atoms with Crippen LogP contribution in [-0.4, -0.2) is 35.4 Å². The zero-order valence-corrected chi connectivity index (χ0v) is 17.3. The Bertz CT molecular complexity index is 950. The van der Waals surface area contributed by atoms with Gasteiger partial charge >= 0.3 is 0 Å². The number of hydrogen-bond donors (Lipinski definition) is 1. The minimum Gasteiger partial charge on any atom is -0.351 e. The van der Waals surface area contributed by atoms with E-state index in [1.54, 1.807) is 16.7 Å². The van der Waals surface area contributed by atoms with Crippen LogP contribution in [-0.2, 0) is 27.9 Å². The van der Waals surface area contributed by atoms with Crippen LogP contribution in [0.1, 0.15) is 43.2 Å². The third-order valence-corrected chi connectivity index (χ3v) is 8.13. The van der Waals surface area contributed by atoms with Crippen LogP contribution in [0.3, 0.4) is 0 Å². The molecule has 2 aromatic rings. The fourth-order valence-corrected chi connectivity index (χ4v) is 6.66. The van der Waals surface area contributed by atoms with Gasteiger partial charge < -0.3 is 5.32 Å². The number of benzene rings is 1. The quantitative estimate of drug-likeness (QED) is 0.817. The van der Waals surface area contributed by atoms with Crippen molar-refractivity contribution in [1.82, 2.24) is 14.6 Å². The highest BCUT2D eigenvalue weighted by atomic mass is 32.2. The Labute approximate surface area is 172 Å². The molecule has 1 aliphatic heterocycles. The van der Waals surface area contributed by atoms with Gasteiger partial charge in [-0.2, -0.15) is 4.31 Å². The van der Waals surface area contributed by atoms with Crippen LogP contribution in [0.5, 0.6) is 0 Å². The molecule has 1 aliphatic carbocycles. The first-order valence-corrected chi connectivity index (χ1v) is 11.8. The molecule has 1 amide bonds. The lowest BCUT2D eigenvalue weighted by Crippen LogP contribution is -2.62. The van der Waals surface area contributed by atoms with Crippen molar-refractivity contribution in [3.05, 3.63) is 66.0 Å². The van der Waals surface area contributed by atoms with Crippen LogP contribution in [0.25, 0.3) is 0 Å². The van der Waals surface area contributed by atoms with E-state index in [1.807, 2.05) is 42.5 Å². The van der Waals surface area contributed by atoms with Crippen molar-refractivity contribution in [3.63, 3.8) is 0 Å². The summed E-state index contributed by atoms with van der Waals surface area (Å²) in [6.07, 6.45) is 7.20. The molecule has 1 saturated heterocycles. The number of carbonyl (C=O) groups is 1. The zero-order chi connectivity index (χ0) is 20.3. The van der Waals surface area contributed by atoms with E-state index >= 15 is 0 Å². The molecule has 0 spiro atoms. The molecule has 29 heavy (non-hydrogen) atoms. The van der Waals surface area contributed by atoms with E-state index in [-0.39, 0.29) is 17.7 Å². The second-order valence-corrected chi connectivity index (χ2v) is 10.1. The summed E-state index contributed by atoms with van der Waals surface area (Å²) < 4.78 is 27.5. The lowest BCUT2D eigenvalue weighted by atomic mass is 9.67. The second kappa shape index (κ2) is 8.24. The van der Waals surface area contributed by atoms with Crippen molar-refractivity contribution in [1.29, 1.82) is 0 Å². The first-order valence-electron chi connectivity index (χ1n) is 10.2. The summed E-state index contributed by atoms with van der Waals surface area (Å²) in [6.45, 7) is 0.734. The van der Waals surface area contributed by atoms with Gasteiger partial charge in [0.1, 0.15) is 0 Å². The van der Waals surface area contributed by atoms with Gasteiger partial charge in [0.15, 0.2) is 0 Å². The normalized spacial score (nSPS) is 26.4. The molecule has 2 heterocycles. The molecular weight excluding hydrogens is 386 g/mol. The van der Waals surface area contributed by atoms with Crippen LogP contribution < -0.4 is 5.32 Å². The minimum atomic E-state index is -3.39. The molecule has 2 aliphatic rings. The first-order chi connectivity index (χ1) is 14.0. The van der Waals surface area contributed by atoms with E-state index in [0.29, 0.717) is 19.5 Å². The van der Waals surface area contributed by atoms with Gasteiger partial charge in [0.05, 0.1) is 11.2 Å². The summed E-state index contributed by atoms with van der Waals surface area (Å²) in [5.41, 5.74) is 1.24. The number of carbonyl (C=O) groups excluding carboxylic acids is 1. The number of pyridine rings is 1. The third kappa shape index (κ3) is 4.07. The molecule has 6 nitrogen and oxygen atoms in total. The Kier molecular flexibility index (Phi) is 5.69. The Hall–Kier alpha value is -2.25. The highest BCUT2D eigenvalue weighted by molar-refractivity contribution is 7.89. The number of nitrogens with zero attached hydrogens (tertiary/aromatic N) is 2. The topological polar surface area (TPSA) is 79.4 Å². The molecule has 1 N–H and O–H groups in total. The summed E-state index contributed by atoms with van der Waals surface area (Å²) in [5, 5.41) is 3.07. The van der Waals surface area contributed by atoms with Gasteiger partial charge in [-0.25, -0.2) is 8.42 Å². The smallest absolute Gasteiger partial charge is 0.228 e. The molecule has 7 heteroatoms. The summed E-state index contributed by atoms with van der Waals surface area (Å²) >= 11 is 0. The van der Waals surface area contributed by atoms with Gasteiger partial charge in [-0.15, -0.1) is 0 Å². The van der Waals surface area contributed by atoms with E-state index in [4.69, 9.17) is 0 Å². The predicted octanol–water partition coefficient (Wildman–Crippen LogP) is 2.86. The zero-order valence-electron chi connectivity index (χ0n) is 16.5. The number of amides is 1. The third-order valence-electron chi connectivity index (χ3n) is 6.31. The molecular formula is C22H27N3O3S. The molecule has 0 bridgehead atoms. The number of sulfonamides is 1. The van der Waals surface area contributed by atoms with Crippen molar-refractivity contribution in [2.45, 2.75) is 51.2 Å². The first kappa shape index (κ1) is 20.0. The highest BCUT2D eigenvalue weighted by Gasteiger charge is 2.55. The van der Waals surface area contributed by atoms with Crippen LogP contribution in [0.4, 0.5) is 0 Å². The standard InChI is InChI=1S/C22H27N3O3S/c26-21(24-16-19-9-6-13-23-15-19)22-11-5-4-10-20(22)25(29(27,28)14-12-22)17-18-7-2-1-3-8-18/h1-3,6-9,13,15,20H,4-5,10-12,14,16-17H2,(H,24,26)/t20-,22-/m1/s1. The number of hydrogen-bond acceptors (Lipinski definition) is 4. The lowest BCUT2D eigenvalue weighted by molar-refractivity contribution is -0.137. The SMILES string of the molecule is O=C(NCc1cccnc1)[C@@]12CCCC[C@H]1N(Cc1ccccc1)S(=O)(=O)CC2. The van der Waals surface area contributed by atoms with Gasteiger partial charge in [-0.3, -0.25) is 9.78 Å². The molecule has 2 atom stereocenters. The Morgan fingerprint density at radius 1 is 1.10 bits per heavy atom. The van der Waals surface area contributed by atoms with Gasteiger partial charge in [0.25, 0.3) is 0 Å². The number of nitrogens with one attached hydrogen (secondary N) is 1. The maximum Gasteiger partial charge on any atom is 0.228 e. The Morgan fingerprint density at radius 2 is 1.90 bits per heavy atom. The van der Waals surface area contributed by atoms with Crippen molar-refractivity contribution >= 4 is 15.9 Å². The van der Waals surface area contributed by atoms with Crippen molar-refractivity contribution < 1.29 is 13.2 Å². The van der Waals surface area contributed by atoms with E-state index in [1.165, 1.54) is 0 Å². The fourth-order valence-electron chi connectivity index (χ4n) is 4.77. The molecule has 0 unspecified atom stereocenters. The molecule has 1 aromatic heterocycles. The molecule has 1 saturated carbocycles. The summed E-state index contributed by atoms with van der Waals surface area (Å²) in [5.74, 6) is -0.00424. The highest BCUT2D eigenvalue weighted by Crippen LogP contribution is 2.47. The average molecular weight is 414 g/mol. The molecule has 0 radical (unpaired) electrons. The Balaban J connectivity index is 1.59. The van der Waals surface area contributed by atoms with Crippen LogP contribution in [0.2, 0.25) is 0 Å². The van der Waals surface area contributed by atoms with Crippen LogP contribution in [0, 0.1) is 5.41 Å². The molecule has 1 aromatic carbocycles. The van der Waals surface area contributed by atoms with E-state index in [0.717, 1.165) is 36.8 Å². The van der Waals surface area contributed by atoms with E-state index < -0.39 is 15.4 Å². The van der Waals surface area contributed by atoms with Gasteiger partial charge in [0, 0.05) is 31.5 Å². The van der Waals surface area contributed by atoms with Crippen molar-refractivity contribution in [3.8, 4) is 0 Å². The van der Waals surface area contributed by atoms with Crippen molar-refractivity contribution in [2.75, 3.05) is 5.75 Å². The van der Waals surface area contributed by atoms with E-state index in [9.17, 15) is 13.2 Å². The van der Waals surface area contributed by atoms with Gasteiger partial charge in [-0.05, 0) is 36.5 Å². The summed E-state index contributed by atoms with van der Waals surface area (Å²) in [4.78, 5) is 17.5. The number of aromatic nitrogens is 1. The number of fused-ring (bicyclic) bond motifs is 1. The minimum absolute atomic E-state index is 0.0245. The van der Waals surface area contributed by atoms with Gasteiger partial charge in [-0.1, -0.05) is 49.2 Å². The molecule has 2 fully saturated rings. The second-order valence-electron chi connectivity index (χ2n) is 8.06. The summed E-state index contributed by atoms with van der Waals surface area (Å²) in [7, 11) is -3.39. The monoisotopic (exact) mass is 413 g/mol. The fraction of sp³-hybridized carbons (Fsp3) is 0.455. The largest absolute Gasteiger partial charge is 0.351 e. The van der Waals surface area contributed by atoms with Crippen molar-refractivity contribution in [2.24, 2.45) is 5.41 Å². The molecule has 154 valence electrons. The van der Waals surface area contributed by atoms with E-state index in [2.05, 4.69) is 10.3 Å². The average Bonchev–Trinajstić information content (AvgIpc) is 2.75. The molecule has 4 rings (SSSR count). The lowest BCUT2D eigenvalue weighted by Gasteiger charge is -2.50. The predicted molar refractivity (Wildman–Crippen MR) is 111 cm³/mol. The van der Waals surface area contributed by atoms with Crippen LogP contribution >= 0.6 is 0 Å². The van der Waals surface area contributed by atoms with Gasteiger partial charge in [0.2, 0.25) is 15.9 Å². The maximum absolute atomic E-state index is 13.4. The number of rotatable bonds is 5. The Morgan fingerprint density at radius 3 is 2.66 bits per heavy atom.